The van der Waals surface area contributed by atoms with Crippen LogP contribution >= 0.6 is 11.3 Å². The summed E-state index contributed by atoms with van der Waals surface area (Å²) < 4.78 is 5.01. The number of carbonyl (C=O) groups excluding carboxylic acids is 4. The van der Waals surface area contributed by atoms with Crippen LogP contribution in [0.5, 0.6) is 0 Å². The minimum atomic E-state index is -0.359. The Morgan fingerprint density at radius 1 is 1.08 bits per heavy atom. The first-order valence-corrected chi connectivity index (χ1v) is 13.3. The molecule has 1 aliphatic heterocycles. The Morgan fingerprint density at radius 3 is 2.35 bits per heavy atom. The number of thiazole rings is 1. The molecule has 1 saturated heterocycles. The van der Waals surface area contributed by atoms with Crippen molar-refractivity contribution in [2.75, 3.05) is 51.2 Å². The number of aromatic nitrogens is 1. The first-order valence-electron chi connectivity index (χ1n) is 12.5. The molecule has 0 radical (unpaired) electrons. The third-order valence-electron chi connectivity index (χ3n) is 5.79. The first kappa shape index (κ1) is 28.1. The molecule has 1 aromatic carbocycles. The summed E-state index contributed by atoms with van der Waals surface area (Å²) in [6.45, 7) is 10.1. The molecule has 0 saturated carbocycles. The summed E-state index contributed by atoms with van der Waals surface area (Å²) in [6, 6.07) is 7.28. The molecule has 1 aromatic heterocycles. The second kappa shape index (κ2) is 13.2. The van der Waals surface area contributed by atoms with Crippen LogP contribution in [0, 0.1) is 12.8 Å². The molecule has 1 N–H and O–H groups in total. The van der Waals surface area contributed by atoms with Gasteiger partial charge in [0, 0.05) is 43.7 Å². The summed E-state index contributed by atoms with van der Waals surface area (Å²) in [7, 11) is 0. The van der Waals surface area contributed by atoms with Gasteiger partial charge in [-0.1, -0.05) is 31.5 Å². The van der Waals surface area contributed by atoms with Crippen LogP contribution in [-0.4, -0.2) is 89.4 Å². The van der Waals surface area contributed by atoms with Crippen LogP contribution in [0.2, 0.25) is 0 Å². The minimum Gasteiger partial charge on any atom is -0.450 e. The normalized spacial score (nSPS) is 13.4. The number of aryl methyl sites for hydroxylation is 1. The lowest BCUT2D eigenvalue weighted by Gasteiger charge is -2.34. The van der Waals surface area contributed by atoms with Gasteiger partial charge in [-0.05, 0) is 31.9 Å². The van der Waals surface area contributed by atoms with Gasteiger partial charge < -0.3 is 24.8 Å². The third kappa shape index (κ3) is 8.28. The topological polar surface area (TPSA) is 112 Å². The minimum absolute atomic E-state index is 0.0847. The zero-order valence-electron chi connectivity index (χ0n) is 21.9. The lowest BCUT2D eigenvalue weighted by Crippen LogP contribution is -2.51. The highest BCUT2D eigenvalue weighted by molar-refractivity contribution is 7.13. The van der Waals surface area contributed by atoms with Crippen molar-refractivity contribution in [3.8, 4) is 0 Å². The highest BCUT2D eigenvalue weighted by Crippen LogP contribution is 2.18. The fourth-order valence-electron chi connectivity index (χ4n) is 3.94. The molecular formula is C26H35N5O5S. The molecule has 0 unspecified atom stereocenters. The Bertz CT molecular complexity index is 1090. The van der Waals surface area contributed by atoms with Gasteiger partial charge in [0.2, 0.25) is 11.8 Å². The van der Waals surface area contributed by atoms with Crippen molar-refractivity contribution in [1.29, 1.82) is 0 Å². The van der Waals surface area contributed by atoms with Gasteiger partial charge in [0.1, 0.15) is 6.54 Å². The predicted octanol–water partition coefficient (Wildman–Crippen LogP) is 3.03. The zero-order valence-corrected chi connectivity index (χ0v) is 22.7. The van der Waals surface area contributed by atoms with Gasteiger partial charge in [-0.2, -0.15) is 0 Å². The molecule has 0 bridgehead atoms. The van der Waals surface area contributed by atoms with E-state index in [0.29, 0.717) is 55.7 Å². The summed E-state index contributed by atoms with van der Waals surface area (Å²) in [5.74, 6) is -0.432. The van der Waals surface area contributed by atoms with Crippen LogP contribution < -0.4 is 5.32 Å². The average Bonchev–Trinajstić information content (AvgIpc) is 3.29. The standard InChI is InChI=1S/C26H35N5O5S/c1-5-36-26(35)30-12-10-29(11-13-30)23(33)14-21-17-37-25(27-21)28-22(32)16-31(15-18(2)3)24(34)20-8-6-19(4)7-9-20/h6-9,17-18H,5,10-16H2,1-4H3,(H,27,28,32). The molecule has 1 fully saturated rings. The Morgan fingerprint density at radius 2 is 1.73 bits per heavy atom. The van der Waals surface area contributed by atoms with Crippen molar-refractivity contribution in [2.24, 2.45) is 5.92 Å². The number of nitrogens with one attached hydrogen (secondary N) is 1. The van der Waals surface area contributed by atoms with E-state index in [1.807, 2.05) is 32.9 Å². The SMILES string of the molecule is CCOC(=O)N1CCN(C(=O)Cc2csc(NC(=O)CN(CC(C)C)C(=O)c3ccc(C)cc3)n2)CC1. The summed E-state index contributed by atoms with van der Waals surface area (Å²) in [4.78, 5) is 59.5. The van der Waals surface area contributed by atoms with Gasteiger partial charge in [0.25, 0.3) is 5.91 Å². The number of anilines is 1. The van der Waals surface area contributed by atoms with E-state index in [1.54, 1.807) is 39.1 Å². The van der Waals surface area contributed by atoms with Crippen LogP contribution in [0.4, 0.5) is 9.93 Å². The number of ether oxygens (including phenoxy) is 1. The molecule has 2 aromatic rings. The fourth-order valence-corrected chi connectivity index (χ4v) is 4.66. The van der Waals surface area contributed by atoms with E-state index in [0.717, 1.165) is 5.56 Å². The number of amides is 4. The van der Waals surface area contributed by atoms with Crippen molar-refractivity contribution in [3.63, 3.8) is 0 Å². The maximum Gasteiger partial charge on any atom is 0.409 e. The smallest absolute Gasteiger partial charge is 0.409 e. The molecular weight excluding hydrogens is 494 g/mol. The van der Waals surface area contributed by atoms with Crippen LogP contribution in [0.3, 0.4) is 0 Å². The first-order chi connectivity index (χ1) is 17.7. The average molecular weight is 530 g/mol. The number of piperazine rings is 1. The quantitative estimate of drug-likeness (QED) is 0.534. The molecule has 1 aliphatic rings. The van der Waals surface area contributed by atoms with Gasteiger partial charge in [-0.25, -0.2) is 9.78 Å². The van der Waals surface area contributed by atoms with Gasteiger partial charge in [-0.15, -0.1) is 11.3 Å². The molecule has 200 valence electrons. The second-order valence-corrected chi connectivity index (χ2v) is 10.2. The Hall–Kier alpha value is -3.47. The Balaban J connectivity index is 1.52. The molecule has 2 heterocycles. The highest BCUT2D eigenvalue weighted by Gasteiger charge is 2.25. The number of hydrogen-bond acceptors (Lipinski definition) is 7. The second-order valence-electron chi connectivity index (χ2n) is 9.38. The van der Waals surface area contributed by atoms with Crippen LogP contribution in [0.1, 0.15) is 42.4 Å². The third-order valence-corrected chi connectivity index (χ3v) is 6.60. The highest BCUT2D eigenvalue weighted by atomic mass is 32.1. The van der Waals surface area contributed by atoms with Crippen LogP contribution in [0.25, 0.3) is 0 Å². The molecule has 11 heteroatoms. The Kier molecular flexibility index (Phi) is 10.0. The van der Waals surface area contributed by atoms with E-state index in [9.17, 15) is 19.2 Å². The van der Waals surface area contributed by atoms with E-state index in [-0.39, 0.29) is 42.7 Å². The van der Waals surface area contributed by atoms with Crippen LogP contribution in [-0.2, 0) is 20.7 Å². The van der Waals surface area contributed by atoms with E-state index >= 15 is 0 Å². The maximum absolute atomic E-state index is 13.0. The number of hydrogen-bond donors (Lipinski definition) is 1. The number of carbonyl (C=O) groups is 4. The molecule has 0 atom stereocenters. The van der Waals surface area contributed by atoms with Crippen molar-refractivity contribution in [2.45, 2.75) is 34.1 Å². The number of rotatable bonds is 9. The lowest BCUT2D eigenvalue weighted by molar-refractivity contribution is -0.132. The van der Waals surface area contributed by atoms with E-state index < -0.39 is 0 Å². The monoisotopic (exact) mass is 529 g/mol. The van der Waals surface area contributed by atoms with Crippen molar-refractivity contribution >= 4 is 40.3 Å². The Labute approximate surface area is 221 Å². The van der Waals surface area contributed by atoms with E-state index in [4.69, 9.17) is 4.74 Å². The van der Waals surface area contributed by atoms with Gasteiger partial charge in [0.05, 0.1) is 18.7 Å². The predicted molar refractivity (Wildman–Crippen MR) is 142 cm³/mol. The maximum atomic E-state index is 13.0. The van der Waals surface area contributed by atoms with Crippen molar-refractivity contribution in [1.82, 2.24) is 19.7 Å². The lowest BCUT2D eigenvalue weighted by atomic mass is 10.1. The molecule has 10 nitrogen and oxygen atoms in total. The van der Waals surface area contributed by atoms with Gasteiger partial charge >= 0.3 is 6.09 Å². The molecule has 0 aliphatic carbocycles. The number of nitrogens with zero attached hydrogens (tertiary/aromatic N) is 4. The molecule has 4 amide bonds. The van der Waals surface area contributed by atoms with Crippen LogP contribution in [0.15, 0.2) is 29.6 Å². The summed E-state index contributed by atoms with van der Waals surface area (Å²) in [6.07, 6.45) is -0.251. The largest absolute Gasteiger partial charge is 0.450 e. The van der Waals surface area contributed by atoms with E-state index in [1.165, 1.54) is 11.3 Å². The van der Waals surface area contributed by atoms with Gasteiger partial charge in [0.15, 0.2) is 5.13 Å². The summed E-state index contributed by atoms with van der Waals surface area (Å²) in [5.41, 5.74) is 2.16. The van der Waals surface area contributed by atoms with E-state index in [2.05, 4.69) is 10.3 Å². The number of benzene rings is 1. The summed E-state index contributed by atoms with van der Waals surface area (Å²) in [5, 5.41) is 4.88. The molecule has 37 heavy (non-hydrogen) atoms. The molecule has 0 spiro atoms. The fraction of sp³-hybridized carbons (Fsp3) is 0.500. The van der Waals surface area contributed by atoms with Gasteiger partial charge in [-0.3, -0.25) is 14.4 Å². The molecule has 3 rings (SSSR count). The van der Waals surface area contributed by atoms with Crippen molar-refractivity contribution in [3.05, 3.63) is 46.5 Å². The summed E-state index contributed by atoms with van der Waals surface area (Å²) >= 11 is 1.24. The van der Waals surface area contributed by atoms with Crippen molar-refractivity contribution < 1.29 is 23.9 Å². The zero-order chi connectivity index (χ0) is 26.9.